The van der Waals surface area contributed by atoms with Gasteiger partial charge in [-0.1, -0.05) is 60.4 Å². The second-order valence-corrected chi connectivity index (χ2v) is 16.5. The number of hydrogen-bond donors (Lipinski definition) is 0. The van der Waals surface area contributed by atoms with Crippen molar-refractivity contribution in [2.45, 2.75) is 84.1 Å². The number of ketones is 1. The molecule has 2 aromatic carbocycles. The van der Waals surface area contributed by atoms with Crippen molar-refractivity contribution in [1.29, 1.82) is 0 Å². The van der Waals surface area contributed by atoms with E-state index in [2.05, 4.69) is 37.2 Å². The zero-order valence-corrected chi connectivity index (χ0v) is 39.8. The zero-order chi connectivity index (χ0) is 46.6. The summed E-state index contributed by atoms with van der Waals surface area (Å²) in [5.41, 5.74) is 9.48. The summed E-state index contributed by atoms with van der Waals surface area (Å²) in [6.45, 7) is 11.7. The second kappa shape index (κ2) is 31.0. The topological polar surface area (TPSA) is 231 Å². The summed E-state index contributed by atoms with van der Waals surface area (Å²) in [7, 11) is -4.04. The fourth-order valence-corrected chi connectivity index (χ4v) is 7.49. The van der Waals surface area contributed by atoms with E-state index in [9.17, 15) is 18.6 Å². The van der Waals surface area contributed by atoms with Gasteiger partial charge in [-0.3, -0.25) is 14.4 Å². The molecule has 0 bridgehead atoms. The third-order valence-electron chi connectivity index (χ3n) is 9.52. The van der Waals surface area contributed by atoms with Crippen molar-refractivity contribution < 1.29 is 69.6 Å². The van der Waals surface area contributed by atoms with Gasteiger partial charge in [0.25, 0.3) is 0 Å². The van der Waals surface area contributed by atoms with Crippen molar-refractivity contribution in [3.8, 4) is 17.2 Å². The molecule has 1 aliphatic heterocycles. The lowest BCUT2D eigenvalue weighted by atomic mass is 9.84. The van der Waals surface area contributed by atoms with Crippen LogP contribution in [-0.4, -0.2) is 126 Å². The SMILES string of the molecule is CCCCOCCOCCN=S(=O)(Oc1ccc(CBr)cc1)Oc1cc(C(=O)CCCOCCOCCOCCN=[N+]=[N-])ccc1O[C@H]1O[C@H](COC(C)=O)[C@H](OC(C)=O)[C@H](C)[C@H]1C. The minimum atomic E-state index is -4.04. The highest BCUT2D eigenvalue weighted by molar-refractivity contribution is 9.08. The number of alkyl halides is 1. The first-order chi connectivity index (χ1) is 30.9. The Morgan fingerprint density at radius 3 is 2.02 bits per heavy atom. The van der Waals surface area contributed by atoms with Gasteiger partial charge in [-0.05, 0) is 54.3 Å². The summed E-state index contributed by atoms with van der Waals surface area (Å²) in [5.74, 6) is -1.93. The number of hydrogen-bond acceptors (Lipinski definition) is 17. The molecule has 0 saturated carbocycles. The first-order valence-electron chi connectivity index (χ1n) is 21.4. The van der Waals surface area contributed by atoms with Gasteiger partial charge in [0, 0.05) is 67.7 Å². The Kier molecular flexibility index (Phi) is 26.3. The van der Waals surface area contributed by atoms with Crippen LogP contribution in [0.5, 0.6) is 17.2 Å². The first kappa shape index (κ1) is 54.3. The van der Waals surface area contributed by atoms with Crippen molar-refractivity contribution in [1.82, 2.24) is 0 Å². The Morgan fingerprint density at radius 1 is 0.781 bits per heavy atom. The second-order valence-electron chi connectivity index (χ2n) is 14.5. The lowest BCUT2D eigenvalue weighted by molar-refractivity contribution is -0.248. The van der Waals surface area contributed by atoms with Gasteiger partial charge in [-0.15, -0.1) is 0 Å². The Labute approximate surface area is 384 Å². The fraction of sp³-hybridized carbons (Fsp3) is 0.651. The highest BCUT2D eigenvalue weighted by Crippen LogP contribution is 2.38. The Bertz CT molecular complexity index is 1880. The van der Waals surface area contributed by atoms with Gasteiger partial charge < -0.3 is 51.0 Å². The van der Waals surface area contributed by atoms with E-state index in [1.165, 1.54) is 26.0 Å². The predicted octanol–water partition coefficient (Wildman–Crippen LogP) is 7.36. The highest BCUT2D eigenvalue weighted by Gasteiger charge is 2.45. The summed E-state index contributed by atoms with van der Waals surface area (Å²) < 4.78 is 82.3. The predicted molar refractivity (Wildman–Crippen MR) is 239 cm³/mol. The monoisotopic (exact) mass is 986 g/mol. The van der Waals surface area contributed by atoms with E-state index in [1.807, 2.05) is 13.8 Å². The van der Waals surface area contributed by atoms with Gasteiger partial charge >= 0.3 is 22.2 Å². The number of ether oxygens (including phenoxy) is 9. The van der Waals surface area contributed by atoms with E-state index < -0.39 is 46.6 Å². The van der Waals surface area contributed by atoms with Gasteiger partial charge in [0.05, 0.1) is 59.4 Å². The van der Waals surface area contributed by atoms with Gasteiger partial charge in [0.1, 0.15) is 24.6 Å². The smallest absolute Gasteiger partial charge is 0.388 e. The van der Waals surface area contributed by atoms with Crippen LogP contribution in [0.4, 0.5) is 0 Å². The molecular formula is C43H63BrN4O15S. The lowest BCUT2D eigenvalue weighted by Gasteiger charge is -2.43. The largest absolute Gasteiger partial charge is 0.463 e. The number of unbranched alkanes of at least 4 members (excludes halogenated alkanes) is 1. The molecule has 3 rings (SSSR count). The molecule has 21 heteroatoms. The van der Waals surface area contributed by atoms with Crippen LogP contribution in [0.3, 0.4) is 0 Å². The lowest BCUT2D eigenvalue weighted by Crippen LogP contribution is -2.54. The van der Waals surface area contributed by atoms with E-state index in [-0.39, 0.29) is 67.2 Å². The normalized spacial score (nSPS) is 19.1. The number of nitrogens with zero attached hydrogens (tertiary/aromatic N) is 4. The minimum absolute atomic E-state index is 0.0452. The van der Waals surface area contributed by atoms with Crippen LogP contribution in [0.1, 0.15) is 76.2 Å². The van der Waals surface area contributed by atoms with Crippen molar-refractivity contribution >= 4 is 43.9 Å². The summed E-state index contributed by atoms with van der Waals surface area (Å²) in [6, 6.07) is 11.3. The van der Waals surface area contributed by atoms with Crippen molar-refractivity contribution in [2.24, 2.45) is 21.3 Å². The van der Waals surface area contributed by atoms with Crippen LogP contribution in [0.15, 0.2) is 51.9 Å². The fourth-order valence-electron chi connectivity index (χ4n) is 5.96. The number of Topliss-reactive ketones (excluding diaryl/α,β-unsaturated/α-hetero) is 1. The molecule has 2 aromatic rings. The number of carbonyl (C=O) groups is 3. The maximum absolute atomic E-state index is 14.7. The van der Waals surface area contributed by atoms with Crippen molar-refractivity contribution in [3.05, 3.63) is 64.0 Å². The number of rotatable bonds is 33. The minimum Gasteiger partial charge on any atom is -0.463 e. The van der Waals surface area contributed by atoms with Gasteiger partial charge in [-0.2, -0.15) is 8.57 Å². The molecule has 6 atom stereocenters. The van der Waals surface area contributed by atoms with Crippen LogP contribution < -0.4 is 13.1 Å². The van der Waals surface area contributed by atoms with E-state index in [0.29, 0.717) is 71.2 Å². The third kappa shape index (κ3) is 20.8. The van der Waals surface area contributed by atoms with E-state index in [1.54, 1.807) is 30.3 Å². The van der Waals surface area contributed by atoms with Crippen LogP contribution in [0, 0.1) is 11.8 Å². The highest BCUT2D eigenvalue weighted by atomic mass is 79.9. The molecule has 1 aliphatic rings. The van der Waals surface area contributed by atoms with Crippen LogP contribution in [-0.2, 0) is 63.1 Å². The molecule has 0 spiro atoms. The maximum Gasteiger partial charge on any atom is 0.388 e. The maximum atomic E-state index is 14.7. The molecule has 0 aliphatic carbocycles. The summed E-state index contributed by atoms with van der Waals surface area (Å²) >= 11 is 3.43. The number of halogens is 1. The number of benzene rings is 2. The van der Waals surface area contributed by atoms with Crippen LogP contribution in [0.2, 0.25) is 0 Å². The summed E-state index contributed by atoms with van der Waals surface area (Å²) in [4.78, 5) is 40.1. The summed E-state index contributed by atoms with van der Waals surface area (Å²) in [5, 5.41) is 3.98. The van der Waals surface area contributed by atoms with Gasteiger partial charge in [-0.25, -0.2) is 0 Å². The van der Waals surface area contributed by atoms with Crippen molar-refractivity contribution in [3.63, 3.8) is 0 Å². The average molecular weight is 988 g/mol. The van der Waals surface area contributed by atoms with Crippen LogP contribution in [0.25, 0.3) is 10.4 Å². The van der Waals surface area contributed by atoms with E-state index >= 15 is 0 Å². The molecule has 64 heavy (non-hydrogen) atoms. The zero-order valence-electron chi connectivity index (χ0n) is 37.4. The number of carbonyl (C=O) groups excluding carboxylic acids is 3. The quantitative estimate of drug-likeness (QED) is 0.0129. The Morgan fingerprint density at radius 2 is 1.41 bits per heavy atom. The molecule has 1 fully saturated rings. The molecule has 1 saturated heterocycles. The number of esters is 2. The molecule has 0 N–H and O–H groups in total. The van der Waals surface area contributed by atoms with Crippen molar-refractivity contribution in [2.75, 3.05) is 85.8 Å². The molecule has 1 heterocycles. The Hall–Kier alpha value is -4.05. The van der Waals surface area contributed by atoms with Gasteiger partial charge in [0.2, 0.25) is 6.29 Å². The molecule has 1 unspecified atom stereocenters. The van der Waals surface area contributed by atoms with Crippen LogP contribution >= 0.6 is 15.9 Å². The molecule has 0 amide bonds. The molecule has 0 radical (unpaired) electrons. The molecule has 0 aromatic heterocycles. The third-order valence-corrected chi connectivity index (χ3v) is 11.5. The average Bonchev–Trinajstić information content (AvgIpc) is 3.27. The molecule has 19 nitrogen and oxygen atoms in total. The standard InChI is InChI=1S/C43H63BrN4O15S/c1-6-7-18-53-22-24-56-21-17-47-64(52,62-37-13-10-35(29-44)11-14-37)63-40-28-36(38(51)9-8-19-54-23-26-57-27-25-55-20-16-46-48-45)12-15-39(40)60-43-32(3)31(2)42(59-34(5)50)41(61-43)30-58-33(4)49/h10-15,28,31-32,41-43H,6-9,16-27,29-30H2,1-5H3/t31-,32-,41-,42-,43+,64?/m1/s1. The van der Waals surface area contributed by atoms with Gasteiger partial charge in [0.15, 0.2) is 17.3 Å². The molecule has 358 valence electrons. The van der Waals surface area contributed by atoms with E-state index in [4.69, 9.17) is 56.5 Å². The molecular weight excluding hydrogens is 924 g/mol. The number of azide groups is 1. The van der Waals surface area contributed by atoms with E-state index in [0.717, 1.165) is 18.4 Å². The Balaban J connectivity index is 1.85. The first-order valence-corrected chi connectivity index (χ1v) is 23.8. The summed E-state index contributed by atoms with van der Waals surface area (Å²) in [6.07, 6.45) is -0.176.